The number of ether oxygens (including phenoxy) is 5. The standard InChI is InChI=1S/C26H27NO7/c1-25-14-32-26(33-15-25,34-16-25)22(11-12-23(28)30-2)27-24(29)31-13-21-19-9-5-3-7-17(19)18-8-4-6-10-20(18)21/h3-12,21-22H,13-16H2,1-2H3,(H,27,29)/b12-11+/t22-,25?,26?/m0/s1. The molecule has 0 spiro atoms. The molecule has 2 aromatic rings. The van der Waals surface area contributed by atoms with Crippen LogP contribution in [0.5, 0.6) is 0 Å². The zero-order valence-corrected chi connectivity index (χ0v) is 19.1. The molecule has 3 fully saturated rings. The number of benzene rings is 2. The minimum Gasteiger partial charge on any atom is -0.466 e. The van der Waals surface area contributed by atoms with E-state index < -0.39 is 24.1 Å². The molecule has 0 unspecified atom stereocenters. The van der Waals surface area contributed by atoms with Crippen LogP contribution in [0.25, 0.3) is 11.1 Å². The SMILES string of the molecule is COC(=O)/C=C/[C@H](NC(=O)OCC1c2ccccc2-c2ccccc21)C12OCC(C)(CO1)CO2. The topological polar surface area (TPSA) is 92.3 Å². The van der Waals surface area contributed by atoms with E-state index in [4.69, 9.17) is 18.9 Å². The number of carbonyl (C=O) groups is 2. The quantitative estimate of drug-likeness (QED) is 0.517. The maximum atomic E-state index is 12.9. The van der Waals surface area contributed by atoms with Gasteiger partial charge < -0.3 is 29.0 Å². The van der Waals surface area contributed by atoms with Gasteiger partial charge in [-0.3, -0.25) is 0 Å². The maximum absolute atomic E-state index is 12.9. The molecule has 178 valence electrons. The molecule has 1 amide bonds. The van der Waals surface area contributed by atoms with E-state index in [1.54, 1.807) is 0 Å². The molecule has 3 heterocycles. The predicted molar refractivity (Wildman–Crippen MR) is 122 cm³/mol. The number of hydrogen-bond acceptors (Lipinski definition) is 7. The smallest absolute Gasteiger partial charge is 0.407 e. The van der Waals surface area contributed by atoms with Crippen molar-refractivity contribution in [1.82, 2.24) is 5.32 Å². The minimum absolute atomic E-state index is 0.0748. The zero-order chi connectivity index (χ0) is 23.8. The first-order valence-corrected chi connectivity index (χ1v) is 11.2. The van der Waals surface area contributed by atoms with Gasteiger partial charge in [0.1, 0.15) is 12.6 Å². The Balaban J connectivity index is 1.31. The van der Waals surface area contributed by atoms with E-state index in [0.717, 1.165) is 22.3 Å². The molecular formula is C26H27NO7. The molecule has 1 atom stereocenters. The van der Waals surface area contributed by atoms with Gasteiger partial charge in [-0.25, -0.2) is 9.59 Å². The molecule has 1 aliphatic carbocycles. The summed E-state index contributed by atoms with van der Waals surface area (Å²) in [5, 5.41) is 2.74. The number of rotatable bonds is 6. The fourth-order valence-corrected chi connectivity index (χ4v) is 4.61. The number of fused-ring (bicyclic) bond motifs is 6. The van der Waals surface area contributed by atoms with Crippen molar-refractivity contribution >= 4 is 12.1 Å². The average Bonchev–Trinajstić information content (AvgIpc) is 3.19. The van der Waals surface area contributed by atoms with Gasteiger partial charge in [0.05, 0.1) is 26.9 Å². The Morgan fingerprint density at radius 1 is 1.03 bits per heavy atom. The van der Waals surface area contributed by atoms with E-state index in [1.165, 1.54) is 19.3 Å². The van der Waals surface area contributed by atoms with Crippen LogP contribution in [-0.2, 0) is 28.5 Å². The summed E-state index contributed by atoms with van der Waals surface area (Å²) in [4.78, 5) is 24.6. The van der Waals surface area contributed by atoms with Gasteiger partial charge in [0.15, 0.2) is 0 Å². The summed E-state index contributed by atoms with van der Waals surface area (Å²) < 4.78 is 27.9. The summed E-state index contributed by atoms with van der Waals surface area (Å²) in [5.74, 6) is -2.19. The lowest BCUT2D eigenvalue weighted by Crippen LogP contribution is -2.67. The molecular weight excluding hydrogens is 438 g/mol. The zero-order valence-electron chi connectivity index (χ0n) is 19.1. The van der Waals surface area contributed by atoms with Gasteiger partial charge in [-0.05, 0) is 28.3 Å². The summed E-state index contributed by atoms with van der Waals surface area (Å²) >= 11 is 0. The van der Waals surface area contributed by atoms with Crippen LogP contribution in [0.15, 0.2) is 60.7 Å². The lowest BCUT2D eigenvalue weighted by Gasteiger charge is -2.52. The van der Waals surface area contributed by atoms with Gasteiger partial charge in [-0.15, -0.1) is 0 Å². The molecule has 4 aliphatic rings. The van der Waals surface area contributed by atoms with Gasteiger partial charge in [0.25, 0.3) is 0 Å². The first kappa shape index (κ1) is 22.6. The molecule has 0 radical (unpaired) electrons. The van der Waals surface area contributed by atoms with Crippen LogP contribution < -0.4 is 5.32 Å². The first-order valence-electron chi connectivity index (χ1n) is 11.2. The van der Waals surface area contributed by atoms with Crippen molar-refractivity contribution in [2.45, 2.75) is 24.9 Å². The highest BCUT2D eigenvalue weighted by molar-refractivity contribution is 5.82. The number of alkyl carbamates (subject to hydrolysis) is 1. The highest BCUT2D eigenvalue weighted by atomic mass is 16.9. The van der Waals surface area contributed by atoms with Crippen molar-refractivity contribution in [2.24, 2.45) is 5.41 Å². The van der Waals surface area contributed by atoms with Gasteiger partial charge in [-0.2, -0.15) is 0 Å². The highest BCUT2D eigenvalue weighted by Gasteiger charge is 2.55. The third-order valence-electron chi connectivity index (χ3n) is 6.49. The lowest BCUT2D eigenvalue weighted by atomic mass is 9.91. The summed E-state index contributed by atoms with van der Waals surface area (Å²) in [7, 11) is 1.27. The third kappa shape index (κ3) is 4.09. The Morgan fingerprint density at radius 2 is 1.59 bits per heavy atom. The molecule has 8 nitrogen and oxygen atoms in total. The Labute approximate surface area is 197 Å². The van der Waals surface area contributed by atoms with Crippen LogP contribution in [0.2, 0.25) is 0 Å². The average molecular weight is 466 g/mol. The molecule has 34 heavy (non-hydrogen) atoms. The predicted octanol–water partition coefficient (Wildman–Crippen LogP) is 3.36. The van der Waals surface area contributed by atoms with Crippen LogP contribution in [-0.4, -0.2) is 57.6 Å². The van der Waals surface area contributed by atoms with Crippen LogP contribution in [0.3, 0.4) is 0 Å². The van der Waals surface area contributed by atoms with Crippen LogP contribution in [0.1, 0.15) is 24.0 Å². The van der Waals surface area contributed by atoms with Gasteiger partial charge in [0.2, 0.25) is 0 Å². The van der Waals surface area contributed by atoms with Crippen molar-refractivity contribution in [3.8, 4) is 11.1 Å². The van der Waals surface area contributed by atoms with Crippen LogP contribution in [0.4, 0.5) is 4.79 Å². The Kier molecular flexibility index (Phi) is 5.89. The van der Waals surface area contributed by atoms with E-state index >= 15 is 0 Å². The fourth-order valence-electron chi connectivity index (χ4n) is 4.61. The monoisotopic (exact) mass is 465 g/mol. The van der Waals surface area contributed by atoms with E-state index in [2.05, 4.69) is 34.3 Å². The van der Waals surface area contributed by atoms with Gasteiger partial charge >= 0.3 is 18.0 Å². The van der Waals surface area contributed by atoms with Crippen molar-refractivity contribution in [2.75, 3.05) is 33.5 Å². The van der Waals surface area contributed by atoms with Crippen molar-refractivity contribution in [1.29, 1.82) is 0 Å². The van der Waals surface area contributed by atoms with Crippen LogP contribution in [0, 0.1) is 5.41 Å². The van der Waals surface area contributed by atoms with Gasteiger partial charge in [-0.1, -0.05) is 55.5 Å². The number of nitrogens with one attached hydrogen (secondary N) is 1. The van der Waals surface area contributed by atoms with Crippen molar-refractivity contribution in [3.63, 3.8) is 0 Å². The van der Waals surface area contributed by atoms with E-state index in [-0.39, 0.29) is 17.9 Å². The van der Waals surface area contributed by atoms with Crippen molar-refractivity contribution < 1.29 is 33.3 Å². The number of amides is 1. The van der Waals surface area contributed by atoms with Crippen molar-refractivity contribution in [3.05, 3.63) is 71.8 Å². The number of esters is 1. The summed E-state index contributed by atoms with van der Waals surface area (Å²) in [6.07, 6.45) is 1.95. The molecule has 1 N–H and O–H groups in total. The molecule has 6 rings (SSSR count). The normalized spacial score (nSPS) is 26.1. The molecule has 0 aromatic heterocycles. The van der Waals surface area contributed by atoms with Crippen LogP contribution >= 0.6 is 0 Å². The molecule has 3 saturated heterocycles. The van der Waals surface area contributed by atoms with Gasteiger partial charge in [0, 0.05) is 17.4 Å². The van der Waals surface area contributed by atoms with E-state index in [9.17, 15) is 9.59 Å². The number of carbonyl (C=O) groups excluding carboxylic acids is 2. The molecule has 3 aliphatic heterocycles. The second kappa shape index (κ2) is 8.87. The molecule has 2 bridgehead atoms. The Morgan fingerprint density at radius 3 is 2.15 bits per heavy atom. The molecule has 0 saturated carbocycles. The fraction of sp³-hybridized carbons (Fsp3) is 0.385. The summed E-state index contributed by atoms with van der Waals surface area (Å²) in [6, 6.07) is 15.3. The maximum Gasteiger partial charge on any atom is 0.407 e. The van der Waals surface area contributed by atoms with E-state index in [1.807, 2.05) is 31.2 Å². The number of methoxy groups -OCH3 is 1. The highest BCUT2D eigenvalue weighted by Crippen LogP contribution is 2.44. The largest absolute Gasteiger partial charge is 0.466 e. The minimum atomic E-state index is -1.53. The molecule has 2 aromatic carbocycles. The summed E-state index contributed by atoms with van der Waals surface area (Å²) in [5.41, 5.74) is 4.28. The lowest BCUT2D eigenvalue weighted by molar-refractivity contribution is -0.469. The first-order chi connectivity index (χ1) is 16.4. The Bertz CT molecular complexity index is 1060. The molecule has 8 heteroatoms. The second-order valence-corrected chi connectivity index (χ2v) is 9.11. The third-order valence-corrected chi connectivity index (χ3v) is 6.49. The van der Waals surface area contributed by atoms with E-state index in [0.29, 0.717) is 19.8 Å². The number of hydrogen-bond donors (Lipinski definition) is 1. The summed E-state index contributed by atoms with van der Waals surface area (Å²) in [6.45, 7) is 3.36. The second-order valence-electron chi connectivity index (χ2n) is 9.11. The Hall–Kier alpha value is -3.20.